The normalized spacial score (nSPS) is 10.7. The summed E-state index contributed by atoms with van der Waals surface area (Å²) >= 11 is 4.78. The Morgan fingerprint density at radius 3 is 2.68 bits per heavy atom. The average Bonchev–Trinajstić information content (AvgIpc) is 3.15. The fourth-order valence-electron chi connectivity index (χ4n) is 2.97. The van der Waals surface area contributed by atoms with Gasteiger partial charge in [-0.2, -0.15) is 0 Å². The largest absolute Gasteiger partial charge is 0.493 e. The van der Waals surface area contributed by atoms with Crippen molar-refractivity contribution in [1.29, 1.82) is 0 Å². The first-order chi connectivity index (χ1) is 14.9. The maximum atomic E-state index is 12.4. The predicted molar refractivity (Wildman–Crippen MR) is 126 cm³/mol. The molecule has 164 valence electrons. The molecule has 1 N–H and O–H groups in total. The van der Waals surface area contributed by atoms with Gasteiger partial charge in [-0.15, -0.1) is 10.2 Å². The zero-order valence-electron chi connectivity index (χ0n) is 17.9. The first-order valence-electron chi connectivity index (χ1n) is 9.79. The number of aromatic nitrogens is 3. The van der Waals surface area contributed by atoms with Crippen molar-refractivity contribution < 1.29 is 14.3 Å². The summed E-state index contributed by atoms with van der Waals surface area (Å²) in [6, 6.07) is 11.5. The van der Waals surface area contributed by atoms with E-state index < -0.39 is 0 Å². The Morgan fingerprint density at radius 2 is 1.97 bits per heavy atom. The molecule has 3 aromatic rings. The molecule has 0 fully saturated rings. The molecule has 0 bridgehead atoms. The van der Waals surface area contributed by atoms with Gasteiger partial charge >= 0.3 is 0 Å². The minimum Gasteiger partial charge on any atom is -0.493 e. The summed E-state index contributed by atoms with van der Waals surface area (Å²) in [6.07, 6.45) is 0. The van der Waals surface area contributed by atoms with Crippen LogP contribution < -0.4 is 14.8 Å². The van der Waals surface area contributed by atoms with Crippen molar-refractivity contribution >= 4 is 39.3 Å². The molecule has 0 spiro atoms. The van der Waals surface area contributed by atoms with Gasteiger partial charge in [0, 0.05) is 16.7 Å². The summed E-state index contributed by atoms with van der Waals surface area (Å²) in [5.74, 6) is 2.16. The first kappa shape index (κ1) is 23.1. The lowest BCUT2D eigenvalue weighted by molar-refractivity contribution is -0.113. The van der Waals surface area contributed by atoms with Gasteiger partial charge in [-0.1, -0.05) is 33.8 Å². The summed E-state index contributed by atoms with van der Waals surface area (Å²) in [5, 5.41) is 12.1. The van der Waals surface area contributed by atoms with Crippen LogP contribution in [0.15, 0.2) is 46.0 Å². The van der Waals surface area contributed by atoms with Gasteiger partial charge in [-0.25, -0.2) is 0 Å². The van der Waals surface area contributed by atoms with E-state index in [2.05, 4.69) is 31.4 Å². The molecule has 0 atom stereocenters. The molecule has 1 amide bonds. The number of methoxy groups -OCH3 is 1. The highest BCUT2D eigenvalue weighted by Crippen LogP contribution is 2.29. The Balaban J connectivity index is 1.61. The highest BCUT2D eigenvalue weighted by atomic mass is 79.9. The first-order valence-corrected chi connectivity index (χ1v) is 11.6. The fourth-order valence-corrected chi connectivity index (χ4v) is 4.27. The number of carbonyl (C=O) groups is 1. The molecular formula is C22H25BrN4O3S. The zero-order chi connectivity index (χ0) is 22.4. The van der Waals surface area contributed by atoms with E-state index in [1.807, 2.05) is 61.7 Å². The van der Waals surface area contributed by atoms with Crippen LogP contribution in [0.4, 0.5) is 5.69 Å². The lowest BCUT2D eigenvalue weighted by atomic mass is 10.2. The average molecular weight is 505 g/mol. The molecule has 9 heteroatoms. The number of hydrogen-bond acceptors (Lipinski definition) is 6. The number of amides is 1. The van der Waals surface area contributed by atoms with Gasteiger partial charge in [0.1, 0.15) is 6.61 Å². The molecule has 0 saturated carbocycles. The number of benzene rings is 2. The third kappa shape index (κ3) is 6.01. The number of nitrogens with zero attached hydrogens (tertiary/aromatic N) is 3. The number of ether oxygens (including phenoxy) is 2. The molecule has 0 aliphatic carbocycles. The van der Waals surface area contributed by atoms with Gasteiger partial charge in [-0.05, 0) is 62.2 Å². The van der Waals surface area contributed by atoms with E-state index >= 15 is 0 Å². The Kier molecular flexibility index (Phi) is 7.97. The van der Waals surface area contributed by atoms with Gasteiger partial charge in [0.15, 0.2) is 22.5 Å². The number of carbonyl (C=O) groups excluding carboxylic acids is 1. The third-order valence-electron chi connectivity index (χ3n) is 4.58. The minimum atomic E-state index is -0.0942. The topological polar surface area (TPSA) is 78.3 Å². The van der Waals surface area contributed by atoms with Crippen molar-refractivity contribution in [3.63, 3.8) is 0 Å². The van der Waals surface area contributed by atoms with E-state index in [0.717, 1.165) is 21.3 Å². The zero-order valence-corrected chi connectivity index (χ0v) is 20.3. The molecule has 0 aliphatic heterocycles. The molecule has 31 heavy (non-hydrogen) atoms. The van der Waals surface area contributed by atoms with Crippen molar-refractivity contribution in [1.82, 2.24) is 14.8 Å². The monoisotopic (exact) mass is 504 g/mol. The van der Waals surface area contributed by atoms with Crippen molar-refractivity contribution in [2.75, 3.05) is 18.2 Å². The Hall–Kier alpha value is -2.52. The lowest BCUT2D eigenvalue weighted by Gasteiger charge is -2.12. The van der Waals surface area contributed by atoms with E-state index in [1.54, 1.807) is 7.11 Å². The van der Waals surface area contributed by atoms with Crippen LogP contribution in [0.2, 0.25) is 0 Å². The maximum absolute atomic E-state index is 12.4. The Bertz CT molecular complexity index is 1070. The highest BCUT2D eigenvalue weighted by Gasteiger charge is 2.15. The number of nitrogens with one attached hydrogen (secondary N) is 1. The molecular weight excluding hydrogens is 480 g/mol. The van der Waals surface area contributed by atoms with Crippen LogP contribution in [0.25, 0.3) is 0 Å². The van der Waals surface area contributed by atoms with Gasteiger partial charge < -0.3 is 19.4 Å². The molecule has 0 unspecified atom stereocenters. The summed E-state index contributed by atoms with van der Waals surface area (Å²) in [5.41, 5.74) is 2.89. The number of hydrogen-bond donors (Lipinski definition) is 1. The van der Waals surface area contributed by atoms with E-state index in [4.69, 9.17) is 9.47 Å². The van der Waals surface area contributed by atoms with Crippen LogP contribution in [0.1, 0.15) is 23.9 Å². The van der Waals surface area contributed by atoms with E-state index in [0.29, 0.717) is 29.0 Å². The van der Waals surface area contributed by atoms with Gasteiger partial charge in [-0.3, -0.25) is 4.79 Å². The van der Waals surface area contributed by atoms with Crippen LogP contribution in [0.5, 0.6) is 11.5 Å². The van der Waals surface area contributed by atoms with Crippen LogP contribution in [0, 0.1) is 13.8 Å². The van der Waals surface area contributed by atoms with Crippen LogP contribution >= 0.6 is 27.7 Å². The van der Waals surface area contributed by atoms with Crippen LogP contribution in [-0.4, -0.2) is 33.5 Å². The highest BCUT2D eigenvalue weighted by molar-refractivity contribution is 9.10. The lowest BCUT2D eigenvalue weighted by Crippen LogP contribution is -2.15. The maximum Gasteiger partial charge on any atom is 0.234 e. The van der Waals surface area contributed by atoms with Gasteiger partial charge in [0.2, 0.25) is 5.91 Å². The molecule has 1 aromatic heterocycles. The fraction of sp³-hybridized carbons (Fsp3) is 0.318. The molecule has 7 nitrogen and oxygen atoms in total. The summed E-state index contributed by atoms with van der Waals surface area (Å²) in [4.78, 5) is 12.4. The minimum absolute atomic E-state index is 0.0942. The predicted octanol–water partition coefficient (Wildman–Crippen LogP) is 5.00. The molecule has 0 aliphatic rings. The molecule has 3 rings (SSSR count). The standard InChI is InChI=1S/C22H25BrN4O3S/c1-5-27-20(12-30-18-9-6-14(2)10-19(18)29-4)25-26-22(27)31-13-21(28)24-17-8-7-16(23)11-15(17)3/h6-11H,5,12-13H2,1-4H3,(H,24,28). The van der Waals surface area contributed by atoms with E-state index in [9.17, 15) is 4.79 Å². The molecule has 0 radical (unpaired) electrons. The number of aryl methyl sites for hydroxylation is 2. The number of thioether (sulfide) groups is 1. The van der Waals surface area contributed by atoms with E-state index in [-0.39, 0.29) is 18.3 Å². The SMILES string of the molecule is CCn1c(COc2ccc(C)cc2OC)nnc1SCC(=O)Nc1ccc(Br)cc1C. The molecule has 0 saturated heterocycles. The van der Waals surface area contributed by atoms with Gasteiger partial charge in [0.25, 0.3) is 0 Å². The second kappa shape index (κ2) is 10.7. The van der Waals surface area contributed by atoms with Crippen LogP contribution in [-0.2, 0) is 17.9 Å². The summed E-state index contributed by atoms with van der Waals surface area (Å²) in [6.45, 7) is 6.89. The van der Waals surface area contributed by atoms with Crippen molar-refractivity contribution in [3.8, 4) is 11.5 Å². The van der Waals surface area contributed by atoms with Crippen molar-refractivity contribution in [2.45, 2.75) is 39.1 Å². The molecule has 2 aromatic carbocycles. The summed E-state index contributed by atoms with van der Waals surface area (Å²) in [7, 11) is 1.62. The quantitative estimate of drug-likeness (QED) is 0.413. The van der Waals surface area contributed by atoms with E-state index in [1.165, 1.54) is 11.8 Å². The number of anilines is 1. The second-order valence-corrected chi connectivity index (χ2v) is 8.74. The smallest absolute Gasteiger partial charge is 0.234 e. The molecule has 1 heterocycles. The Morgan fingerprint density at radius 1 is 1.16 bits per heavy atom. The summed E-state index contributed by atoms with van der Waals surface area (Å²) < 4.78 is 14.2. The van der Waals surface area contributed by atoms with Gasteiger partial charge in [0.05, 0.1) is 12.9 Å². The number of halogens is 1. The second-order valence-electron chi connectivity index (χ2n) is 6.88. The van der Waals surface area contributed by atoms with Crippen molar-refractivity contribution in [2.24, 2.45) is 0 Å². The number of rotatable bonds is 9. The van der Waals surface area contributed by atoms with Crippen molar-refractivity contribution in [3.05, 3.63) is 57.8 Å². The van der Waals surface area contributed by atoms with Crippen LogP contribution in [0.3, 0.4) is 0 Å². The Labute approximate surface area is 194 Å². The third-order valence-corrected chi connectivity index (χ3v) is 6.04.